The lowest BCUT2D eigenvalue weighted by atomic mass is 9.84. The number of nitriles is 1. The molecule has 2 N–H and O–H groups in total. The van der Waals surface area contributed by atoms with E-state index in [-0.39, 0.29) is 11.5 Å². The fourth-order valence-electron chi connectivity index (χ4n) is 4.27. The van der Waals surface area contributed by atoms with Crippen LogP contribution in [0.5, 0.6) is 0 Å². The van der Waals surface area contributed by atoms with Crippen molar-refractivity contribution < 1.29 is 4.79 Å². The van der Waals surface area contributed by atoms with Gasteiger partial charge in [0.15, 0.2) is 0 Å². The van der Waals surface area contributed by atoms with Crippen molar-refractivity contribution in [1.82, 2.24) is 10.6 Å². The van der Waals surface area contributed by atoms with Gasteiger partial charge in [-0.1, -0.05) is 36.8 Å². The molecule has 1 amide bonds. The van der Waals surface area contributed by atoms with Gasteiger partial charge < -0.3 is 10.6 Å². The summed E-state index contributed by atoms with van der Waals surface area (Å²) in [5.41, 5.74) is 1.16. The van der Waals surface area contributed by atoms with Crippen LogP contribution in [0.3, 0.4) is 0 Å². The highest BCUT2D eigenvalue weighted by Crippen LogP contribution is 2.49. The maximum absolute atomic E-state index is 12.2. The van der Waals surface area contributed by atoms with Crippen molar-refractivity contribution in [3.05, 3.63) is 47.7 Å². The average molecular weight is 323 g/mol. The van der Waals surface area contributed by atoms with Crippen LogP contribution in [0, 0.1) is 29.1 Å². The van der Waals surface area contributed by atoms with Crippen LogP contribution < -0.4 is 10.6 Å². The summed E-state index contributed by atoms with van der Waals surface area (Å²) < 4.78 is 0. The number of hydrogen-bond acceptors (Lipinski definition) is 3. The molecule has 126 valence electrons. The zero-order valence-electron chi connectivity index (χ0n) is 14.2. The lowest BCUT2D eigenvalue weighted by molar-refractivity contribution is -0.117. The summed E-state index contributed by atoms with van der Waals surface area (Å²) in [6, 6.07) is 12.0. The van der Waals surface area contributed by atoms with Gasteiger partial charge in [0.2, 0.25) is 0 Å². The number of rotatable bonds is 6. The number of hydrogen-bond donors (Lipinski definition) is 2. The van der Waals surface area contributed by atoms with Crippen molar-refractivity contribution in [2.75, 3.05) is 0 Å². The van der Waals surface area contributed by atoms with E-state index in [1.54, 1.807) is 6.20 Å². The van der Waals surface area contributed by atoms with Crippen molar-refractivity contribution >= 4 is 5.91 Å². The summed E-state index contributed by atoms with van der Waals surface area (Å²) in [6.07, 6.45) is 6.97. The zero-order valence-corrected chi connectivity index (χ0v) is 14.2. The van der Waals surface area contributed by atoms with Gasteiger partial charge in [0.1, 0.15) is 11.6 Å². The van der Waals surface area contributed by atoms with E-state index in [1.807, 2.05) is 36.4 Å². The summed E-state index contributed by atoms with van der Waals surface area (Å²) in [5.74, 6) is 2.07. The molecular formula is C20H25N3O. The number of nitrogens with zero attached hydrogens (tertiary/aromatic N) is 1. The summed E-state index contributed by atoms with van der Waals surface area (Å²) in [4.78, 5) is 12.2. The first-order valence-electron chi connectivity index (χ1n) is 8.86. The zero-order chi connectivity index (χ0) is 16.9. The lowest BCUT2D eigenvalue weighted by Crippen LogP contribution is -2.34. The van der Waals surface area contributed by atoms with Gasteiger partial charge >= 0.3 is 0 Å². The molecule has 24 heavy (non-hydrogen) atoms. The maximum atomic E-state index is 12.2. The molecule has 1 aromatic carbocycles. The van der Waals surface area contributed by atoms with E-state index in [2.05, 4.69) is 17.6 Å². The van der Waals surface area contributed by atoms with Gasteiger partial charge in [-0.3, -0.25) is 4.79 Å². The van der Waals surface area contributed by atoms with E-state index >= 15 is 0 Å². The van der Waals surface area contributed by atoms with Crippen LogP contribution in [0.2, 0.25) is 0 Å². The van der Waals surface area contributed by atoms with E-state index in [0.717, 1.165) is 17.4 Å². The molecule has 4 heteroatoms. The normalized spacial score (nSPS) is 26.7. The number of carbonyl (C=O) groups excluding carboxylic acids is 1. The van der Waals surface area contributed by atoms with Crippen molar-refractivity contribution in [2.24, 2.45) is 17.8 Å². The molecule has 2 aliphatic rings. The molecule has 0 saturated heterocycles. The van der Waals surface area contributed by atoms with Crippen LogP contribution in [0.1, 0.15) is 38.2 Å². The van der Waals surface area contributed by atoms with Gasteiger partial charge in [-0.05, 0) is 49.5 Å². The van der Waals surface area contributed by atoms with E-state index in [0.29, 0.717) is 18.5 Å². The molecule has 3 rings (SSSR count). The van der Waals surface area contributed by atoms with Crippen LogP contribution in [-0.2, 0) is 11.3 Å². The summed E-state index contributed by atoms with van der Waals surface area (Å²) in [5, 5.41) is 15.4. The van der Waals surface area contributed by atoms with Gasteiger partial charge in [0.25, 0.3) is 5.91 Å². The number of amides is 1. The number of nitrogens with one attached hydrogen (secondary N) is 2. The van der Waals surface area contributed by atoms with Crippen molar-refractivity contribution in [3.8, 4) is 6.07 Å². The fourth-order valence-corrected chi connectivity index (χ4v) is 4.27. The Balaban J connectivity index is 1.52. The molecule has 0 heterocycles. The third-order valence-electron chi connectivity index (χ3n) is 5.59. The largest absolute Gasteiger partial charge is 0.387 e. The van der Waals surface area contributed by atoms with E-state index in [4.69, 9.17) is 0 Å². The molecule has 0 spiro atoms. The number of benzene rings is 1. The van der Waals surface area contributed by atoms with Gasteiger partial charge in [0.05, 0.1) is 0 Å². The van der Waals surface area contributed by atoms with Gasteiger partial charge in [0, 0.05) is 18.8 Å². The predicted octanol–water partition coefficient (Wildman–Crippen LogP) is 3.12. The highest BCUT2D eigenvalue weighted by Gasteiger charge is 2.41. The summed E-state index contributed by atoms with van der Waals surface area (Å²) in [6.45, 7) is 2.60. The first-order valence-corrected chi connectivity index (χ1v) is 8.86. The Morgan fingerprint density at radius 3 is 2.75 bits per heavy atom. The molecule has 2 bridgehead atoms. The predicted molar refractivity (Wildman–Crippen MR) is 93.5 cm³/mol. The minimum Gasteiger partial charge on any atom is -0.387 e. The monoisotopic (exact) mass is 323 g/mol. The smallest absolute Gasteiger partial charge is 0.263 e. The second-order valence-electron chi connectivity index (χ2n) is 7.13. The fraction of sp³-hybridized carbons (Fsp3) is 0.500. The van der Waals surface area contributed by atoms with Crippen LogP contribution in [0.25, 0.3) is 0 Å². The Morgan fingerprint density at radius 1 is 1.33 bits per heavy atom. The van der Waals surface area contributed by atoms with E-state index in [1.165, 1.54) is 25.7 Å². The topological polar surface area (TPSA) is 64.9 Å². The molecule has 4 unspecified atom stereocenters. The molecule has 4 atom stereocenters. The average Bonchev–Trinajstić information content (AvgIpc) is 3.24. The Hall–Kier alpha value is -2.28. The minimum atomic E-state index is -0.325. The Kier molecular flexibility index (Phi) is 5.20. The standard InChI is InChI=1S/C20H25N3O/c1-14(19-10-16-7-8-17(19)9-16)22-13-18(11-21)20(24)23-12-15-5-3-2-4-6-15/h2-6,13-14,16-17,19,22H,7-10,12H2,1H3,(H,23,24)/b18-13-. The van der Waals surface area contributed by atoms with Crippen LogP contribution >= 0.6 is 0 Å². The SMILES string of the molecule is CC(N/C=C(/C#N)C(=O)NCc1ccccc1)C1CC2CCC1C2. The molecular weight excluding hydrogens is 298 g/mol. The van der Waals surface area contributed by atoms with E-state index < -0.39 is 0 Å². The molecule has 4 nitrogen and oxygen atoms in total. The molecule has 1 aromatic rings. The minimum absolute atomic E-state index is 0.140. The maximum Gasteiger partial charge on any atom is 0.263 e. The molecule has 0 radical (unpaired) electrons. The highest BCUT2D eigenvalue weighted by molar-refractivity contribution is 5.97. The Morgan fingerprint density at radius 2 is 2.12 bits per heavy atom. The van der Waals surface area contributed by atoms with Crippen LogP contribution in [0.4, 0.5) is 0 Å². The number of carbonyl (C=O) groups is 1. The van der Waals surface area contributed by atoms with Crippen molar-refractivity contribution in [2.45, 2.75) is 45.2 Å². The van der Waals surface area contributed by atoms with Crippen molar-refractivity contribution in [1.29, 1.82) is 5.26 Å². The third-order valence-corrected chi connectivity index (χ3v) is 5.59. The second-order valence-corrected chi connectivity index (χ2v) is 7.13. The summed E-state index contributed by atoms with van der Waals surface area (Å²) >= 11 is 0. The summed E-state index contributed by atoms with van der Waals surface area (Å²) in [7, 11) is 0. The quantitative estimate of drug-likeness (QED) is 0.624. The van der Waals surface area contributed by atoms with Crippen LogP contribution in [0.15, 0.2) is 42.1 Å². The molecule has 2 aliphatic carbocycles. The Labute approximate surface area is 143 Å². The second kappa shape index (κ2) is 7.53. The first kappa shape index (κ1) is 16.6. The molecule has 2 fully saturated rings. The Bertz CT molecular complexity index is 647. The first-order chi connectivity index (χ1) is 11.7. The van der Waals surface area contributed by atoms with Crippen molar-refractivity contribution in [3.63, 3.8) is 0 Å². The van der Waals surface area contributed by atoms with Gasteiger partial charge in [-0.15, -0.1) is 0 Å². The van der Waals surface area contributed by atoms with Crippen LogP contribution in [-0.4, -0.2) is 11.9 Å². The number of fused-ring (bicyclic) bond motifs is 2. The lowest BCUT2D eigenvalue weighted by Gasteiger charge is -2.28. The van der Waals surface area contributed by atoms with Gasteiger partial charge in [-0.25, -0.2) is 0 Å². The highest BCUT2D eigenvalue weighted by atomic mass is 16.1. The molecule has 0 aromatic heterocycles. The van der Waals surface area contributed by atoms with E-state index in [9.17, 15) is 10.1 Å². The molecule has 2 saturated carbocycles. The molecule has 0 aliphatic heterocycles. The van der Waals surface area contributed by atoms with Gasteiger partial charge in [-0.2, -0.15) is 5.26 Å². The third kappa shape index (κ3) is 3.79.